The molecule has 0 aromatic heterocycles. The molecule has 1 aliphatic rings. The molecule has 1 aromatic carbocycles. The first-order chi connectivity index (χ1) is 8.00. The van der Waals surface area contributed by atoms with E-state index in [0.717, 1.165) is 12.5 Å². The van der Waals surface area contributed by atoms with E-state index in [4.69, 9.17) is 4.74 Å². The Morgan fingerprint density at radius 2 is 2.35 bits per heavy atom. The molecule has 0 radical (unpaired) electrons. The Hall–Kier alpha value is -1.69. The molecule has 1 N–H and O–H groups in total. The van der Waals surface area contributed by atoms with E-state index in [-0.39, 0.29) is 16.9 Å². The molecule has 5 nitrogen and oxygen atoms in total. The fourth-order valence-electron chi connectivity index (χ4n) is 1.81. The summed E-state index contributed by atoms with van der Waals surface area (Å²) in [7, 11) is 0. The van der Waals surface area contributed by atoms with E-state index in [0.29, 0.717) is 13.2 Å². The van der Waals surface area contributed by atoms with Gasteiger partial charge in [-0.1, -0.05) is 0 Å². The van der Waals surface area contributed by atoms with E-state index in [1.165, 1.54) is 12.1 Å². The van der Waals surface area contributed by atoms with Crippen molar-refractivity contribution in [2.75, 3.05) is 18.5 Å². The number of nitro benzene ring substituents is 1. The number of benzene rings is 1. The molecule has 92 valence electrons. The van der Waals surface area contributed by atoms with Crippen molar-refractivity contribution in [2.24, 2.45) is 0 Å². The van der Waals surface area contributed by atoms with Crippen LogP contribution in [-0.4, -0.2) is 23.7 Å². The lowest BCUT2D eigenvalue weighted by atomic mass is 10.0. The van der Waals surface area contributed by atoms with Gasteiger partial charge in [-0.3, -0.25) is 10.1 Å². The highest BCUT2D eigenvalue weighted by Gasteiger charge is 2.30. The second-order valence-electron chi connectivity index (χ2n) is 4.41. The number of hydrogen-bond donors (Lipinski definition) is 1. The van der Waals surface area contributed by atoms with Crippen LogP contribution in [0.15, 0.2) is 18.2 Å². The van der Waals surface area contributed by atoms with Gasteiger partial charge in [-0.2, -0.15) is 0 Å². The smallest absolute Gasteiger partial charge is 0.272 e. The van der Waals surface area contributed by atoms with Crippen LogP contribution < -0.4 is 5.32 Å². The summed E-state index contributed by atoms with van der Waals surface area (Å²) in [5.74, 6) is -0.618. The summed E-state index contributed by atoms with van der Waals surface area (Å²) in [5, 5.41) is 13.5. The minimum Gasteiger partial charge on any atom is -0.379 e. The van der Waals surface area contributed by atoms with E-state index in [1.807, 2.05) is 6.92 Å². The first kappa shape index (κ1) is 11.8. The highest BCUT2D eigenvalue weighted by molar-refractivity contribution is 5.51. The van der Waals surface area contributed by atoms with Crippen LogP contribution in [-0.2, 0) is 4.74 Å². The SMILES string of the molecule is CC1(Nc2ccc([N+](=O)[O-])cc2F)CCOC1. The highest BCUT2D eigenvalue weighted by atomic mass is 19.1. The zero-order chi connectivity index (χ0) is 12.5. The Kier molecular flexibility index (Phi) is 2.97. The molecule has 0 saturated carbocycles. The Bertz CT molecular complexity index is 444. The Labute approximate surface area is 97.7 Å². The number of anilines is 1. The molecular formula is C11H13FN2O3. The lowest BCUT2D eigenvalue weighted by Gasteiger charge is -2.25. The number of halogens is 1. The first-order valence-corrected chi connectivity index (χ1v) is 5.30. The van der Waals surface area contributed by atoms with Gasteiger partial charge in [0.1, 0.15) is 0 Å². The molecule has 1 aliphatic heterocycles. The van der Waals surface area contributed by atoms with Crippen molar-refractivity contribution in [1.29, 1.82) is 0 Å². The van der Waals surface area contributed by atoms with Crippen LogP contribution in [0.2, 0.25) is 0 Å². The van der Waals surface area contributed by atoms with Crippen LogP contribution in [0, 0.1) is 15.9 Å². The highest BCUT2D eigenvalue weighted by Crippen LogP contribution is 2.27. The van der Waals surface area contributed by atoms with Gasteiger partial charge in [-0.25, -0.2) is 4.39 Å². The van der Waals surface area contributed by atoms with Gasteiger partial charge < -0.3 is 10.1 Å². The van der Waals surface area contributed by atoms with E-state index in [2.05, 4.69) is 5.32 Å². The van der Waals surface area contributed by atoms with Gasteiger partial charge in [-0.15, -0.1) is 0 Å². The Balaban J connectivity index is 2.19. The van der Waals surface area contributed by atoms with E-state index in [9.17, 15) is 14.5 Å². The third-order valence-electron chi connectivity index (χ3n) is 2.82. The third kappa shape index (κ3) is 2.52. The standard InChI is InChI=1S/C11H13FN2O3/c1-11(4-5-17-7-11)13-10-3-2-8(14(15)16)6-9(10)12/h2-3,6,13H,4-5,7H2,1H3. The van der Waals surface area contributed by atoms with Crippen molar-refractivity contribution in [2.45, 2.75) is 18.9 Å². The predicted octanol–water partition coefficient (Wildman–Crippen LogP) is 2.32. The maximum atomic E-state index is 13.6. The van der Waals surface area contributed by atoms with Crippen LogP contribution in [0.25, 0.3) is 0 Å². The molecule has 1 heterocycles. The Morgan fingerprint density at radius 1 is 1.59 bits per heavy atom. The van der Waals surface area contributed by atoms with Crippen molar-refractivity contribution in [3.8, 4) is 0 Å². The minimum absolute atomic E-state index is 0.249. The van der Waals surface area contributed by atoms with Crippen molar-refractivity contribution in [3.05, 3.63) is 34.1 Å². The largest absolute Gasteiger partial charge is 0.379 e. The van der Waals surface area contributed by atoms with Gasteiger partial charge in [-0.05, 0) is 19.4 Å². The van der Waals surface area contributed by atoms with E-state index in [1.54, 1.807) is 0 Å². The molecule has 1 aromatic rings. The third-order valence-corrected chi connectivity index (χ3v) is 2.82. The second-order valence-corrected chi connectivity index (χ2v) is 4.41. The van der Waals surface area contributed by atoms with Crippen molar-refractivity contribution in [3.63, 3.8) is 0 Å². The fraction of sp³-hybridized carbons (Fsp3) is 0.455. The van der Waals surface area contributed by atoms with Gasteiger partial charge in [0.25, 0.3) is 5.69 Å². The average Bonchev–Trinajstić information content (AvgIpc) is 2.68. The van der Waals surface area contributed by atoms with Crippen LogP contribution >= 0.6 is 0 Å². The van der Waals surface area contributed by atoms with Crippen LogP contribution in [0.1, 0.15) is 13.3 Å². The van der Waals surface area contributed by atoms with Crippen LogP contribution in [0.4, 0.5) is 15.8 Å². The number of nitrogens with zero attached hydrogens (tertiary/aromatic N) is 1. The number of ether oxygens (including phenoxy) is 1. The maximum absolute atomic E-state index is 13.6. The molecule has 0 aliphatic carbocycles. The zero-order valence-electron chi connectivity index (χ0n) is 9.40. The number of rotatable bonds is 3. The summed E-state index contributed by atoms with van der Waals surface area (Å²) in [5.41, 5.74) is -0.291. The van der Waals surface area contributed by atoms with Gasteiger partial charge in [0.15, 0.2) is 5.82 Å². The second kappa shape index (κ2) is 4.29. The molecule has 17 heavy (non-hydrogen) atoms. The summed E-state index contributed by atoms with van der Waals surface area (Å²) in [6.07, 6.45) is 0.781. The molecule has 0 spiro atoms. The average molecular weight is 240 g/mol. The van der Waals surface area contributed by atoms with Crippen molar-refractivity contribution >= 4 is 11.4 Å². The van der Waals surface area contributed by atoms with Crippen LogP contribution in [0.3, 0.4) is 0 Å². The summed E-state index contributed by atoms with van der Waals surface area (Å²) in [4.78, 5) is 9.85. The maximum Gasteiger partial charge on any atom is 0.272 e. The lowest BCUT2D eigenvalue weighted by molar-refractivity contribution is -0.385. The molecule has 1 atom stereocenters. The topological polar surface area (TPSA) is 64.4 Å². The van der Waals surface area contributed by atoms with Gasteiger partial charge in [0.05, 0.1) is 28.8 Å². The summed E-state index contributed by atoms with van der Waals surface area (Å²) >= 11 is 0. The molecule has 1 saturated heterocycles. The normalized spacial score (nSPS) is 23.6. The van der Waals surface area contributed by atoms with E-state index >= 15 is 0 Å². The summed E-state index contributed by atoms with van der Waals surface area (Å²) in [6, 6.07) is 3.59. The minimum atomic E-state index is -0.618. The monoisotopic (exact) mass is 240 g/mol. The van der Waals surface area contributed by atoms with Crippen molar-refractivity contribution in [1.82, 2.24) is 0 Å². The number of nitrogens with one attached hydrogen (secondary N) is 1. The molecule has 6 heteroatoms. The molecule has 2 rings (SSSR count). The first-order valence-electron chi connectivity index (χ1n) is 5.30. The van der Waals surface area contributed by atoms with Gasteiger partial charge in [0, 0.05) is 12.7 Å². The molecule has 0 bridgehead atoms. The predicted molar refractivity (Wildman–Crippen MR) is 60.5 cm³/mol. The Morgan fingerprint density at radius 3 is 2.88 bits per heavy atom. The van der Waals surface area contributed by atoms with Gasteiger partial charge >= 0.3 is 0 Å². The summed E-state index contributed by atoms with van der Waals surface area (Å²) in [6.45, 7) is 3.07. The molecular weight excluding hydrogens is 227 g/mol. The van der Waals surface area contributed by atoms with E-state index < -0.39 is 10.7 Å². The molecule has 1 unspecified atom stereocenters. The summed E-state index contributed by atoms with van der Waals surface area (Å²) < 4.78 is 18.9. The van der Waals surface area contributed by atoms with Crippen molar-refractivity contribution < 1.29 is 14.1 Å². The number of non-ortho nitro benzene ring substituents is 1. The fourth-order valence-corrected chi connectivity index (χ4v) is 1.81. The number of nitro groups is 1. The molecule has 0 amide bonds. The quantitative estimate of drug-likeness (QED) is 0.650. The molecule has 1 fully saturated rings. The van der Waals surface area contributed by atoms with Crippen LogP contribution in [0.5, 0.6) is 0 Å². The number of hydrogen-bond acceptors (Lipinski definition) is 4. The zero-order valence-corrected chi connectivity index (χ0v) is 9.40. The van der Waals surface area contributed by atoms with Gasteiger partial charge in [0.2, 0.25) is 0 Å². The lowest BCUT2D eigenvalue weighted by Crippen LogP contribution is -2.35.